The van der Waals surface area contributed by atoms with E-state index in [-0.39, 0.29) is 28.9 Å². The van der Waals surface area contributed by atoms with E-state index in [0.717, 1.165) is 38.2 Å². The number of pyridine rings is 1. The number of halogens is 3. The van der Waals surface area contributed by atoms with Gasteiger partial charge in [-0.25, -0.2) is 13.8 Å². The first-order chi connectivity index (χ1) is 18.0. The summed E-state index contributed by atoms with van der Waals surface area (Å²) in [6, 6.07) is 9.06. The summed E-state index contributed by atoms with van der Waals surface area (Å²) in [4.78, 5) is 34.3. The van der Waals surface area contributed by atoms with Crippen LogP contribution in [0.2, 0.25) is 5.15 Å². The molecule has 1 atom stereocenters. The van der Waals surface area contributed by atoms with Gasteiger partial charge < -0.3 is 24.5 Å². The summed E-state index contributed by atoms with van der Waals surface area (Å²) in [6.45, 7) is 1.78. The molecular formula is C27H35ClF2N4O4. The van der Waals surface area contributed by atoms with Crippen molar-refractivity contribution in [2.24, 2.45) is 5.92 Å². The first-order valence-corrected chi connectivity index (χ1v) is 12.9. The molecule has 2 aromatic rings. The van der Waals surface area contributed by atoms with Gasteiger partial charge in [0.1, 0.15) is 16.7 Å². The average Bonchev–Trinajstić information content (AvgIpc) is 2.91. The number of hydrogen-bond acceptors (Lipinski definition) is 6. The SMILES string of the molecule is COc1cccc([C@](O)(C(=O)N(C)CCCC2CCN(c3ccc(C(=O)N(C)C)c(Cl)n3)CC2)C(F)F)c1. The third-order valence-electron chi connectivity index (χ3n) is 7.01. The van der Waals surface area contributed by atoms with Gasteiger partial charge in [-0.2, -0.15) is 0 Å². The number of ether oxygens (including phenoxy) is 1. The van der Waals surface area contributed by atoms with Crippen molar-refractivity contribution >= 4 is 29.2 Å². The number of nitrogens with zero attached hydrogens (tertiary/aromatic N) is 4. The molecule has 11 heteroatoms. The van der Waals surface area contributed by atoms with Crippen molar-refractivity contribution < 1.29 is 28.2 Å². The van der Waals surface area contributed by atoms with Crippen LogP contribution >= 0.6 is 11.6 Å². The molecule has 0 bridgehead atoms. The molecule has 0 radical (unpaired) electrons. The standard InChI is InChI=1S/C27H35ClF2N4O4/c1-32(2)24(35)21-10-11-22(31-23(21)28)34-15-12-18(13-16-34)7-6-14-33(3)26(36)27(37,25(29)30)19-8-5-9-20(17-19)38-4/h5,8-11,17-18,25,37H,6-7,12-16H2,1-4H3/t27-/m1/s1. The third-order valence-corrected chi connectivity index (χ3v) is 7.30. The Morgan fingerprint density at radius 2 is 1.89 bits per heavy atom. The summed E-state index contributed by atoms with van der Waals surface area (Å²) in [6.07, 6.45) is -0.0517. The summed E-state index contributed by atoms with van der Waals surface area (Å²) >= 11 is 6.26. The Kier molecular flexibility index (Phi) is 9.89. The average molecular weight is 553 g/mol. The van der Waals surface area contributed by atoms with Crippen molar-refractivity contribution in [3.8, 4) is 5.75 Å². The predicted octanol–water partition coefficient (Wildman–Crippen LogP) is 4.05. The van der Waals surface area contributed by atoms with E-state index in [2.05, 4.69) is 9.88 Å². The molecule has 2 amide bonds. The second kappa shape index (κ2) is 12.7. The minimum Gasteiger partial charge on any atom is -0.497 e. The molecule has 1 aliphatic rings. The number of anilines is 1. The van der Waals surface area contributed by atoms with Crippen LogP contribution in [0.3, 0.4) is 0 Å². The lowest BCUT2D eigenvalue weighted by atomic mass is 9.91. The van der Waals surface area contributed by atoms with Crippen LogP contribution < -0.4 is 9.64 Å². The van der Waals surface area contributed by atoms with Crippen molar-refractivity contribution in [1.29, 1.82) is 0 Å². The highest BCUT2D eigenvalue weighted by Gasteiger charge is 2.49. The molecular weight excluding hydrogens is 518 g/mol. The lowest BCUT2D eigenvalue weighted by Crippen LogP contribution is -2.50. The molecule has 3 rings (SSSR count). The van der Waals surface area contributed by atoms with Gasteiger partial charge in [0.15, 0.2) is 0 Å². The molecule has 38 heavy (non-hydrogen) atoms. The number of piperidine rings is 1. The van der Waals surface area contributed by atoms with Gasteiger partial charge in [-0.1, -0.05) is 23.7 Å². The fourth-order valence-corrected chi connectivity index (χ4v) is 4.90. The third kappa shape index (κ3) is 6.53. The number of methoxy groups -OCH3 is 1. The Morgan fingerprint density at radius 1 is 1.21 bits per heavy atom. The summed E-state index contributed by atoms with van der Waals surface area (Å²) in [7, 11) is 6.13. The number of hydrogen-bond donors (Lipinski definition) is 1. The summed E-state index contributed by atoms with van der Waals surface area (Å²) in [5.74, 6) is 0.158. The molecule has 2 heterocycles. The highest BCUT2D eigenvalue weighted by Crippen LogP contribution is 2.33. The largest absolute Gasteiger partial charge is 0.497 e. The van der Waals surface area contributed by atoms with E-state index in [1.54, 1.807) is 32.3 Å². The number of rotatable bonds is 10. The van der Waals surface area contributed by atoms with Gasteiger partial charge in [0.05, 0.1) is 12.7 Å². The zero-order valence-corrected chi connectivity index (χ0v) is 22.9. The van der Waals surface area contributed by atoms with Gasteiger partial charge in [-0.05, 0) is 55.9 Å². The van der Waals surface area contributed by atoms with E-state index in [0.29, 0.717) is 17.9 Å². The van der Waals surface area contributed by atoms with Crippen molar-refractivity contribution in [2.45, 2.75) is 37.7 Å². The number of aromatic nitrogens is 1. The second-order valence-corrected chi connectivity index (χ2v) is 10.2. The van der Waals surface area contributed by atoms with Gasteiger partial charge in [0, 0.05) is 46.3 Å². The van der Waals surface area contributed by atoms with E-state index < -0.39 is 17.9 Å². The Balaban J connectivity index is 1.52. The van der Waals surface area contributed by atoms with E-state index in [1.807, 2.05) is 0 Å². The van der Waals surface area contributed by atoms with Gasteiger partial charge >= 0.3 is 0 Å². The number of benzene rings is 1. The zero-order chi connectivity index (χ0) is 28.0. The lowest BCUT2D eigenvalue weighted by molar-refractivity contribution is -0.170. The fourth-order valence-electron chi connectivity index (χ4n) is 4.66. The first kappa shape index (κ1) is 29.6. The van der Waals surface area contributed by atoms with Crippen molar-refractivity contribution in [2.75, 3.05) is 52.8 Å². The van der Waals surface area contributed by atoms with Crippen LogP contribution in [-0.4, -0.2) is 86.0 Å². The molecule has 0 unspecified atom stereocenters. The van der Waals surface area contributed by atoms with Crippen LogP contribution in [0.4, 0.5) is 14.6 Å². The summed E-state index contributed by atoms with van der Waals surface area (Å²) < 4.78 is 33.0. The molecule has 208 valence electrons. The summed E-state index contributed by atoms with van der Waals surface area (Å²) in [5.41, 5.74) is -2.79. The molecule has 0 aliphatic carbocycles. The van der Waals surface area contributed by atoms with E-state index in [9.17, 15) is 23.5 Å². The maximum Gasteiger partial charge on any atom is 0.280 e. The first-order valence-electron chi connectivity index (χ1n) is 12.5. The highest BCUT2D eigenvalue weighted by molar-refractivity contribution is 6.32. The molecule has 1 aromatic carbocycles. The minimum absolute atomic E-state index is 0.175. The molecule has 1 N–H and O–H groups in total. The molecule has 8 nitrogen and oxygen atoms in total. The lowest BCUT2D eigenvalue weighted by Gasteiger charge is -2.34. The highest BCUT2D eigenvalue weighted by atomic mass is 35.5. The monoisotopic (exact) mass is 552 g/mol. The van der Waals surface area contributed by atoms with Gasteiger partial charge in [0.2, 0.25) is 5.60 Å². The smallest absolute Gasteiger partial charge is 0.280 e. The minimum atomic E-state index is -3.30. The van der Waals surface area contributed by atoms with Gasteiger partial charge in [0.25, 0.3) is 18.2 Å². The van der Waals surface area contributed by atoms with Gasteiger partial charge in [-0.3, -0.25) is 9.59 Å². The number of carbonyl (C=O) groups excluding carboxylic acids is 2. The molecule has 0 spiro atoms. The Labute approximate surface area is 227 Å². The Morgan fingerprint density at radius 3 is 2.47 bits per heavy atom. The van der Waals surface area contributed by atoms with E-state index in [1.165, 1.54) is 42.2 Å². The molecule has 1 aromatic heterocycles. The van der Waals surface area contributed by atoms with Gasteiger partial charge in [-0.15, -0.1) is 0 Å². The van der Waals surface area contributed by atoms with Crippen LogP contribution in [0.25, 0.3) is 0 Å². The zero-order valence-electron chi connectivity index (χ0n) is 22.2. The van der Waals surface area contributed by atoms with E-state index >= 15 is 0 Å². The number of alkyl halides is 2. The summed E-state index contributed by atoms with van der Waals surface area (Å²) in [5, 5.41) is 10.9. The normalized spacial score (nSPS) is 15.8. The van der Waals surface area contributed by atoms with Crippen LogP contribution in [0.5, 0.6) is 5.75 Å². The number of likely N-dealkylation sites (N-methyl/N-ethyl adjacent to an activating group) is 1. The number of amides is 2. The van der Waals surface area contributed by atoms with E-state index in [4.69, 9.17) is 16.3 Å². The van der Waals surface area contributed by atoms with Crippen LogP contribution in [0.15, 0.2) is 36.4 Å². The fraction of sp³-hybridized carbons (Fsp3) is 0.519. The van der Waals surface area contributed by atoms with Crippen LogP contribution in [0.1, 0.15) is 41.6 Å². The molecule has 1 aliphatic heterocycles. The van der Waals surface area contributed by atoms with Crippen LogP contribution in [-0.2, 0) is 10.4 Å². The number of aliphatic hydroxyl groups is 1. The maximum atomic E-state index is 14.0. The molecule has 1 saturated heterocycles. The topological polar surface area (TPSA) is 86.2 Å². The van der Waals surface area contributed by atoms with Crippen molar-refractivity contribution in [3.05, 3.63) is 52.7 Å². The molecule has 1 fully saturated rings. The quantitative estimate of drug-likeness (QED) is 0.448. The van der Waals surface area contributed by atoms with Crippen molar-refractivity contribution in [1.82, 2.24) is 14.8 Å². The van der Waals surface area contributed by atoms with Crippen molar-refractivity contribution in [3.63, 3.8) is 0 Å². The second-order valence-electron chi connectivity index (χ2n) is 9.81. The Hall–Kier alpha value is -2.98. The Bertz CT molecular complexity index is 1130. The van der Waals surface area contributed by atoms with Crippen LogP contribution in [0, 0.1) is 5.92 Å². The molecule has 0 saturated carbocycles. The number of carbonyl (C=O) groups is 2. The maximum absolute atomic E-state index is 14.0. The predicted molar refractivity (Wildman–Crippen MR) is 142 cm³/mol.